The Balaban J connectivity index is 2.04. The van der Waals surface area contributed by atoms with Gasteiger partial charge < -0.3 is 16.4 Å². The minimum absolute atomic E-state index is 0.0588. The SMILES string of the molecule is Cc1ccc(NC(=O)NC2(C(=N)N)CCCCCC2)cc1. The molecule has 0 bridgehead atoms. The molecule has 1 aliphatic carbocycles. The molecule has 1 fully saturated rings. The van der Waals surface area contributed by atoms with Gasteiger partial charge >= 0.3 is 6.03 Å². The number of carbonyl (C=O) groups excluding carboxylic acids is 1. The van der Waals surface area contributed by atoms with Crippen LogP contribution in [0.5, 0.6) is 0 Å². The number of anilines is 1. The van der Waals surface area contributed by atoms with Crippen LogP contribution in [0.3, 0.4) is 0 Å². The Bertz CT molecular complexity index is 502. The van der Waals surface area contributed by atoms with Gasteiger partial charge in [-0.3, -0.25) is 5.41 Å². The van der Waals surface area contributed by atoms with E-state index in [-0.39, 0.29) is 11.9 Å². The van der Waals surface area contributed by atoms with Crippen LogP contribution in [0.2, 0.25) is 0 Å². The molecule has 1 aromatic carbocycles. The molecule has 0 saturated heterocycles. The van der Waals surface area contributed by atoms with Gasteiger partial charge in [0.05, 0.1) is 5.54 Å². The second-order valence-corrected chi connectivity index (χ2v) is 5.86. The number of rotatable bonds is 3. The normalized spacial score (nSPS) is 17.6. The van der Waals surface area contributed by atoms with E-state index in [1.807, 2.05) is 31.2 Å². The lowest BCUT2D eigenvalue weighted by Crippen LogP contribution is -2.57. The lowest BCUT2D eigenvalue weighted by atomic mass is 9.89. The third-order valence-corrected chi connectivity index (χ3v) is 4.13. The zero-order chi connectivity index (χ0) is 15.3. The molecule has 21 heavy (non-hydrogen) atoms. The molecule has 0 radical (unpaired) electrons. The van der Waals surface area contributed by atoms with Crippen LogP contribution in [0.1, 0.15) is 44.1 Å². The average molecular weight is 288 g/mol. The van der Waals surface area contributed by atoms with E-state index in [2.05, 4.69) is 10.6 Å². The van der Waals surface area contributed by atoms with Crippen LogP contribution >= 0.6 is 0 Å². The predicted molar refractivity (Wildman–Crippen MR) is 85.7 cm³/mol. The zero-order valence-corrected chi connectivity index (χ0v) is 12.5. The summed E-state index contributed by atoms with van der Waals surface area (Å²) < 4.78 is 0. The van der Waals surface area contributed by atoms with Crippen LogP contribution in [0, 0.1) is 12.3 Å². The lowest BCUT2D eigenvalue weighted by Gasteiger charge is -2.32. The summed E-state index contributed by atoms with van der Waals surface area (Å²) in [6, 6.07) is 7.32. The van der Waals surface area contributed by atoms with Crippen LogP contribution in [0.15, 0.2) is 24.3 Å². The molecule has 114 valence electrons. The highest BCUT2D eigenvalue weighted by Crippen LogP contribution is 2.27. The molecule has 0 aliphatic heterocycles. The van der Waals surface area contributed by atoms with E-state index in [0.717, 1.165) is 49.8 Å². The molecule has 5 N–H and O–H groups in total. The average Bonchev–Trinajstić information content (AvgIpc) is 2.68. The predicted octanol–water partition coefficient (Wildman–Crippen LogP) is 3.15. The molecular weight excluding hydrogens is 264 g/mol. The minimum atomic E-state index is -0.689. The van der Waals surface area contributed by atoms with Gasteiger partial charge in [-0.25, -0.2) is 4.79 Å². The van der Waals surface area contributed by atoms with E-state index >= 15 is 0 Å². The Morgan fingerprint density at radius 2 is 1.71 bits per heavy atom. The Labute approximate surface area is 125 Å². The largest absolute Gasteiger partial charge is 0.386 e. The first-order valence-electron chi connectivity index (χ1n) is 7.52. The first-order chi connectivity index (χ1) is 10.0. The van der Waals surface area contributed by atoms with Gasteiger partial charge in [-0.05, 0) is 31.9 Å². The molecule has 0 heterocycles. The molecule has 2 amide bonds. The first-order valence-corrected chi connectivity index (χ1v) is 7.52. The van der Waals surface area contributed by atoms with Gasteiger partial charge in [0, 0.05) is 5.69 Å². The second kappa shape index (κ2) is 6.61. The quantitative estimate of drug-likeness (QED) is 0.391. The van der Waals surface area contributed by atoms with Gasteiger partial charge in [0.15, 0.2) is 0 Å². The number of nitrogens with two attached hydrogens (primary N) is 1. The van der Waals surface area contributed by atoms with Crippen molar-refractivity contribution in [2.75, 3.05) is 5.32 Å². The topological polar surface area (TPSA) is 91.0 Å². The fourth-order valence-electron chi connectivity index (χ4n) is 2.81. The fraction of sp³-hybridized carbons (Fsp3) is 0.500. The van der Waals surface area contributed by atoms with Crippen molar-refractivity contribution in [3.05, 3.63) is 29.8 Å². The highest BCUT2D eigenvalue weighted by molar-refractivity contribution is 5.96. The van der Waals surface area contributed by atoms with E-state index in [4.69, 9.17) is 11.1 Å². The van der Waals surface area contributed by atoms with E-state index in [0.29, 0.717) is 0 Å². The number of amides is 2. The second-order valence-electron chi connectivity index (χ2n) is 5.86. The third kappa shape index (κ3) is 3.97. The highest BCUT2D eigenvalue weighted by atomic mass is 16.2. The zero-order valence-electron chi connectivity index (χ0n) is 12.5. The van der Waals surface area contributed by atoms with Crippen molar-refractivity contribution in [3.63, 3.8) is 0 Å². The summed E-state index contributed by atoms with van der Waals surface area (Å²) in [6.45, 7) is 2.00. The van der Waals surface area contributed by atoms with E-state index < -0.39 is 5.54 Å². The number of benzene rings is 1. The standard InChI is InChI=1S/C16H24N4O/c1-12-6-8-13(9-7-12)19-15(21)20-16(14(17)18)10-4-2-3-5-11-16/h6-9H,2-5,10-11H2,1H3,(H3,17,18)(H2,19,20,21). The molecule has 1 saturated carbocycles. The number of aryl methyl sites for hydroxylation is 1. The Kier molecular flexibility index (Phi) is 4.83. The maximum Gasteiger partial charge on any atom is 0.320 e. The Morgan fingerprint density at radius 1 is 1.14 bits per heavy atom. The lowest BCUT2D eigenvalue weighted by molar-refractivity contribution is 0.241. The Morgan fingerprint density at radius 3 is 2.24 bits per heavy atom. The molecule has 0 aromatic heterocycles. The van der Waals surface area contributed by atoms with Crippen LogP contribution < -0.4 is 16.4 Å². The summed E-state index contributed by atoms with van der Waals surface area (Å²) in [5.74, 6) is 0.0588. The molecular formula is C16H24N4O. The van der Waals surface area contributed by atoms with Crippen molar-refractivity contribution in [2.24, 2.45) is 5.73 Å². The first kappa shape index (κ1) is 15.4. The van der Waals surface area contributed by atoms with Crippen molar-refractivity contribution in [1.82, 2.24) is 5.32 Å². The maximum atomic E-state index is 12.2. The number of hydrogen-bond acceptors (Lipinski definition) is 2. The van der Waals surface area contributed by atoms with Crippen molar-refractivity contribution in [3.8, 4) is 0 Å². The fourth-order valence-corrected chi connectivity index (χ4v) is 2.81. The molecule has 1 aliphatic rings. The van der Waals surface area contributed by atoms with E-state index in [1.165, 1.54) is 0 Å². The molecule has 0 unspecified atom stereocenters. The van der Waals surface area contributed by atoms with E-state index in [1.54, 1.807) is 0 Å². The number of carbonyl (C=O) groups is 1. The summed E-state index contributed by atoms with van der Waals surface area (Å²) in [5, 5.41) is 13.6. The number of amidine groups is 1. The van der Waals surface area contributed by atoms with Gasteiger partial charge in [0.25, 0.3) is 0 Å². The van der Waals surface area contributed by atoms with Gasteiger partial charge in [-0.15, -0.1) is 0 Å². The summed E-state index contributed by atoms with van der Waals surface area (Å²) in [7, 11) is 0. The monoisotopic (exact) mass is 288 g/mol. The smallest absolute Gasteiger partial charge is 0.320 e. The van der Waals surface area contributed by atoms with Crippen molar-refractivity contribution >= 4 is 17.6 Å². The summed E-state index contributed by atoms with van der Waals surface area (Å²) in [4.78, 5) is 12.2. The van der Waals surface area contributed by atoms with Crippen molar-refractivity contribution in [1.29, 1.82) is 5.41 Å². The number of nitrogens with one attached hydrogen (secondary N) is 3. The maximum absolute atomic E-state index is 12.2. The van der Waals surface area contributed by atoms with Gasteiger partial charge in [0.2, 0.25) is 0 Å². The summed E-state index contributed by atoms with van der Waals surface area (Å²) >= 11 is 0. The van der Waals surface area contributed by atoms with Gasteiger partial charge in [-0.2, -0.15) is 0 Å². The molecule has 0 atom stereocenters. The van der Waals surface area contributed by atoms with Gasteiger partial charge in [-0.1, -0.05) is 43.4 Å². The summed E-state index contributed by atoms with van der Waals surface area (Å²) in [6.07, 6.45) is 5.73. The van der Waals surface area contributed by atoms with Crippen molar-refractivity contribution < 1.29 is 4.79 Å². The molecule has 0 spiro atoms. The number of hydrogen-bond donors (Lipinski definition) is 4. The van der Waals surface area contributed by atoms with Crippen LogP contribution in [-0.4, -0.2) is 17.4 Å². The number of urea groups is 1. The van der Waals surface area contributed by atoms with Crippen LogP contribution in [0.4, 0.5) is 10.5 Å². The molecule has 1 aromatic rings. The van der Waals surface area contributed by atoms with Crippen LogP contribution in [-0.2, 0) is 0 Å². The molecule has 2 rings (SSSR count). The van der Waals surface area contributed by atoms with Crippen LogP contribution in [0.25, 0.3) is 0 Å². The molecule has 5 heteroatoms. The van der Waals surface area contributed by atoms with E-state index in [9.17, 15) is 4.79 Å². The Hall–Kier alpha value is -2.04. The summed E-state index contributed by atoms with van der Waals surface area (Å²) in [5.41, 5.74) is 6.97. The minimum Gasteiger partial charge on any atom is -0.386 e. The third-order valence-electron chi connectivity index (χ3n) is 4.13. The van der Waals surface area contributed by atoms with Gasteiger partial charge in [0.1, 0.15) is 5.84 Å². The van der Waals surface area contributed by atoms with Crippen molar-refractivity contribution in [2.45, 2.75) is 51.0 Å². The molecule has 5 nitrogen and oxygen atoms in total. The highest BCUT2D eigenvalue weighted by Gasteiger charge is 2.35.